The maximum absolute atomic E-state index is 14.0. The third kappa shape index (κ3) is 7.15. The lowest BCUT2D eigenvalue weighted by Crippen LogP contribution is -2.38. The highest BCUT2D eigenvalue weighted by Gasteiger charge is 2.21. The van der Waals surface area contributed by atoms with Gasteiger partial charge in [-0.3, -0.25) is 9.59 Å². The first-order chi connectivity index (χ1) is 14.4. The van der Waals surface area contributed by atoms with Crippen LogP contribution < -0.4 is 14.8 Å². The average Bonchev–Trinajstić information content (AvgIpc) is 2.75. The van der Waals surface area contributed by atoms with Gasteiger partial charge in [0.15, 0.2) is 5.78 Å². The van der Waals surface area contributed by atoms with E-state index in [0.717, 1.165) is 0 Å². The van der Waals surface area contributed by atoms with Crippen molar-refractivity contribution in [2.45, 2.75) is 38.1 Å². The van der Waals surface area contributed by atoms with Crippen LogP contribution in [-0.2, 0) is 11.2 Å². The average molecular weight is 417 g/mol. The topological polar surface area (TPSA) is 84.9 Å². The molecular weight excluding hydrogens is 389 g/mol. The van der Waals surface area contributed by atoms with E-state index in [9.17, 15) is 14.0 Å². The number of carboxylic acid groups (broad SMARTS) is 1. The minimum absolute atomic E-state index is 0.0859. The molecule has 1 atom stereocenters. The summed E-state index contributed by atoms with van der Waals surface area (Å²) in [5.41, 5.74) is 0.981. The molecule has 0 aliphatic heterocycles. The summed E-state index contributed by atoms with van der Waals surface area (Å²) in [6.45, 7) is 0.488. The molecule has 0 radical (unpaired) electrons. The molecule has 0 saturated carbocycles. The Hall–Kier alpha value is -2.93. The SMILES string of the molecule is COc1cc(OC)cc(C(=O)C(CCc2ccccc2F)NCCCCC(=O)O)c1. The zero-order chi connectivity index (χ0) is 21.9. The largest absolute Gasteiger partial charge is 0.497 e. The number of ketones is 1. The Kier molecular flexibility index (Phi) is 9.28. The first-order valence-corrected chi connectivity index (χ1v) is 9.90. The molecular formula is C23H28FNO5. The number of aliphatic carboxylic acids is 1. The molecule has 0 aromatic heterocycles. The second kappa shape index (κ2) is 11.9. The van der Waals surface area contributed by atoms with Crippen LogP contribution in [0.25, 0.3) is 0 Å². The Labute approximate surface area is 176 Å². The molecule has 30 heavy (non-hydrogen) atoms. The molecule has 0 aliphatic rings. The predicted octanol–water partition coefficient (Wildman–Crippen LogP) is 3.87. The molecule has 0 bridgehead atoms. The lowest BCUT2D eigenvalue weighted by atomic mass is 9.97. The second-order valence-corrected chi connectivity index (χ2v) is 6.95. The zero-order valence-corrected chi connectivity index (χ0v) is 17.3. The van der Waals surface area contributed by atoms with Crippen LogP contribution in [0.3, 0.4) is 0 Å². The number of carbonyl (C=O) groups is 2. The van der Waals surface area contributed by atoms with Crippen LogP contribution in [0.2, 0.25) is 0 Å². The van der Waals surface area contributed by atoms with E-state index in [4.69, 9.17) is 14.6 Å². The van der Waals surface area contributed by atoms with Crippen molar-refractivity contribution in [2.75, 3.05) is 20.8 Å². The summed E-state index contributed by atoms with van der Waals surface area (Å²) in [7, 11) is 3.03. The third-order valence-electron chi connectivity index (χ3n) is 4.82. The number of Topliss-reactive ketones (excluding diaryl/α,β-unsaturated/α-hetero) is 1. The molecule has 2 rings (SSSR count). The number of nitrogens with one attached hydrogen (secondary N) is 1. The van der Waals surface area contributed by atoms with Gasteiger partial charge in [0.25, 0.3) is 0 Å². The van der Waals surface area contributed by atoms with Crippen molar-refractivity contribution in [1.82, 2.24) is 5.32 Å². The summed E-state index contributed by atoms with van der Waals surface area (Å²) in [5.74, 6) is -0.278. The molecule has 0 heterocycles. The summed E-state index contributed by atoms with van der Waals surface area (Å²) in [6.07, 6.45) is 2.02. The number of halogens is 1. The molecule has 1 unspecified atom stereocenters. The molecule has 6 nitrogen and oxygen atoms in total. The fourth-order valence-corrected chi connectivity index (χ4v) is 3.16. The van der Waals surface area contributed by atoms with E-state index in [1.165, 1.54) is 20.3 Å². The Balaban J connectivity index is 2.13. The predicted molar refractivity (Wildman–Crippen MR) is 112 cm³/mol. The van der Waals surface area contributed by atoms with Gasteiger partial charge in [-0.25, -0.2) is 4.39 Å². The maximum Gasteiger partial charge on any atom is 0.303 e. The maximum atomic E-state index is 14.0. The molecule has 162 valence electrons. The van der Waals surface area contributed by atoms with E-state index in [-0.39, 0.29) is 18.0 Å². The highest BCUT2D eigenvalue weighted by atomic mass is 19.1. The van der Waals surface area contributed by atoms with Gasteiger partial charge in [-0.05, 0) is 56.0 Å². The van der Waals surface area contributed by atoms with E-state index in [2.05, 4.69) is 5.32 Å². The Morgan fingerprint density at radius 1 is 1.07 bits per heavy atom. The van der Waals surface area contributed by atoms with Crippen molar-refractivity contribution in [1.29, 1.82) is 0 Å². The number of unbranched alkanes of at least 4 members (excludes halogenated alkanes) is 1. The van der Waals surface area contributed by atoms with Crippen molar-refractivity contribution in [2.24, 2.45) is 0 Å². The summed E-state index contributed by atoms with van der Waals surface area (Å²) in [4.78, 5) is 23.9. The zero-order valence-electron chi connectivity index (χ0n) is 17.3. The Morgan fingerprint density at radius 3 is 2.33 bits per heavy atom. The molecule has 2 aromatic rings. The molecule has 0 amide bonds. The Morgan fingerprint density at radius 2 is 1.73 bits per heavy atom. The van der Waals surface area contributed by atoms with Gasteiger partial charge in [-0.15, -0.1) is 0 Å². The van der Waals surface area contributed by atoms with E-state index in [1.54, 1.807) is 36.4 Å². The number of hydrogen-bond acceptors (Lipinski definition) is 5. The minimum Gasteiger partial charge on any atom is -0.497 e. The number of methoxy groups -OCH3 is 2. The van der Waals surface area contributed by atoms with E-state index in [0.29, 0.717) is 54.9 Å². The van der Waals surface area contributed by atoms with Crippen molar-refractivity contribution >= 4 is 11.8 Å². The molecule has 0 spiro atoms. The number of hydrogen-bond donors (Lipinski definition) is 2. The lowest BCUT2D eigenvalue weighted by Gasteiger charge is -2.19. The molecule has 0 aliphatic carbocycles. The fourth-order valence-electron chi connectivity index (χ4n) is 3.16. The van der Waals surface area contributed by atoms with Gasteiger partial charge in [0.2, 0.25) is 0 Å². The van der Waals surface area contributed by atoms with Crippen LogP contribution in [0, 0.1) is 5.82 Å². The molecule has 7 heteroatoms. The first-order valence-electron chi connectivity index (χ1n) is 9.90. The van der Waals surface area contributed by atoms with Crippen molar-refractivity contribution in [3.05, 3.63) is 59.4 Å². The minimum atomic E-state index is -0.842. The van der Waals surface area contributed by atoms with Crippen LogP contribution in [-0.4, -0.2) is 43.7 Å². The summed E-state index contributed by atoms with van der Waals surface area (Å²) < 4.78 is 24.5. The van der Waals surface area contributed by atoms with Gasteiger partial charge in [0, 0.05) is 18.1 Å². The van der Waals surface area contributed by atoms with E-state index >= 15 is 0 Å². The van der Waals surface area contributed by atoms with Crippen molar-refractivity contribution in [3.8, 4) is 11.5 Å². The number of aryl methyl sites for hydroxylation is 1. The van der Waals surface area contributed by atoms with Gasteiger partial charge >= 0.3 is 5.97 Å². The summed E-state index contributed by atoms with van der Waals surface area (Å²) >= 11 is 0. The molecule has 0 fully saturated rings. The quantitative estimate of drug-likeness (QED) is 0.380. The van der Waals surface area contributed by atoms with E-state index in [1.807, 2.05) is 0 Å². The van der Waals surface area contributed by atoms with E-state index < -0.39 is 12.0 Å². The number of rotatable bonds is 13. The molecule has 0 saturated heterocycles. The second-order valence-electron chi connectivity index (χ2n) is 6.95. The number of carboxylic acids is 1. The summed E-state index contributed by atoms with van der Waals surface area (Å²) in [6, 6.07) is 10.9. The van der Waals surface area contributed by atoms with Crippen LogP contribution in [0.4, 0.5) is 4.39 Å². The number of ether oxygens (including phenoxy) is 2. The van der Waals surface area contributed by atoms with Gasteiger partial charge in [-0.1, -0.05) is 18.2 Å². The highest BCUT2D eigenvalue weighted by molar-refractivity contribution is 6.00. The molecule has 2 aromatic carbocycles. The normalized spacial score (nSPS) is 11.7. The smallest absolute Gasteiger partial charge is 0.303 e. The number of carbonyl (C=O) groups excluding carboxylic acids is 1. The van der Waals surface area contributed by atoms with Gasteiger partial charge in [0.1, 0.15) is 17.3 Å². The van der Waals surface area contributed by atoms with Crippen LogP contribution >= 0.6 is 0 Å². The summed E-state index contributed by atoms with van der Waals surface area (Å²) in [5, 5.41) is 12.0. The van der Waals surface area contributed by atoms with Crippen LogP contribution in [0.1, 0.15) is 41.6 Å². The standard InChI is InChI=1S/C23H28FNO5/c1-29-18-13-17(14-19(15-18)30-2)23(28)21(25-12-6-5-9-22(26)27)11-10-16-7-3-4-8-20(16)24/h3-4,7-8,13-15,21,25H,5-6,9-12H2,1-2H3,(H,26,27). The van der Waals surface area contributed by atoms with Crippen molar-refractivity contribution in [3.63, 3.8) is 0 Å². The van der Waals surface area contributed by atoms with Gasteiger partial charge in [-0.2, -0.15) is 0 Å². The highest BCUT2D eigenvalue weighted by Crippen LogP contribution is 2.24. The molecule has 2 N–H and O–H groups in total. The lowest BCUT2D eigenvalue weighted by molar-refractivity contribution is -0.137. The number of benzene rings is 2. The van der Waals surface area contributed by atoms with Crippen LogP contribution in [0.5, 0.6) is 11.5 Å². The van der Waals surface area contributed by atoms with Gasteiger partial charge < -0.3 is 19.9 Å². The first kappa shape index (κ1) is 23.3. The van der Waals surface area contributed by atoms with Gasteiger partial charge in [0.05, 0.1) is 20.3 Å². The Bertz CT molecular complexity index is 833. The van der Waals surface area contributed by atoms with Crippen molar-refractivity contribution < 1.29 is 28.6 Å². The monoisotopic (exact) mass is 417 g/mol. The van der Waals surface area contributed by atoms with Crippen LogP contribution in [0.15, 0.2) is 42.5 Å². The fraction of sp³-hybridized carbons (Fsp3) is 0.391. The third-order valence-corrected chi connectivity index (χ3v) is 4.82.